The quantitative estimate of drug-likeness (QED) is 0.734. The minimum Gasteiger partial charge on any atom is -0.140 e. The van der Waals surface area contributed by atoms with Crippen LogP contribution in [0.2, 0.25) is 0 Å². The molecule has 0 nitrogen and oxygen atoms in total. The molecule has 0 aliphatic heterocycles. The normalized spacial score (nSPS) is 10.5. The molecule has 0 unspecified atom stereocenters. The van der Waals surface area contributed by atoms with Crippen LogP contribution < -0.4 is 0 Å². The molecule has 66 valence electrons. The van der Waals surface area contributed by atoms with Crippen molar-refractivity contribution in [2.45, 2.75) is 6.32 Å². The Balaban J connectivity index is 2.35. The molecule has 0 saturated heterocycles. The van der Waals surface area contributed by atoms with Crippen molar-refractivity contribution in [2.75, 3.05) is 0 Å². The van der Waals surface area contributed by atoms with Crippen LogP contribution in [0, 0.1) is 0 Å². The number of hydrogen-bond donors (Lipinski definition) is 0. The summed E-state index contributed by atoms with van der Waals surface area (Å²) in [5.74, 6) is 0. The third kappa shape index (κ3) is 2.06. The molecule has 4 heteroatoms. The minimum atomic E-state index is 1.14. The van der Waals surface area contributed by atoms with E-state index in [2.05, 4.69) is 48.0 Å². The second kappa shape index (κ2) is 3.99. The van der Waals surface area contributed by atoms with Gasteiger partial charge >= 0.3 is 0 Å². The lowest BCUT2D eigenvalue weighted by Gasteiger charge is -1.88. The molecule has 0 spiro atoms. The van der Waals surface area contributed by atoms with Gasteiger partial charge < -0.3 is 0 Å². The Kier molecular flexibility index (Phi) is 2.91. The van der Waals surface area contributed by atoms with Gasteiger partial charge in [-0.25, -0.2) is 0 Å². The van der Waals surface area contributed by atoms with Crippen LogP contribution >= 0.6 is 38.6 Å². The fourth-order valence-electron chi connectivity index (χ4n) is 1.15. The lowest BCUT2D eigenvalue weighted by Crippen LogP contribution is -1.71. The topological polar surface area (TPSA) is 0 Å². The van der Waals surface area contributed by atoms with Crippen molar-refractivity contribution in [1.82, 2.24) is 0 Å². The van der Waals surface area contributed by atoms with Gasteiger partial charge in [0.25, 0.3) is 0 Å². The van der Waals surface area contributed by atoms with Crippen LogP contribution in [-0.2, 0) is 6.32 Å². The summed E-state index contributed by atoms with van der Waals surface area (Å²) in [7, 11) is 2.19. The van der Waals surface area contributed by atoms with Gasteiger partial charge in [-0.05, 0) is 51.4 Å². The van der Waals surface area contributed by atoms with Crippen LogP contribution in [0.5, 0.6) is 0 Å². The summed E-state index contributed by atoms with van der Waals surface area (Å²) in [6.45, 7) is 0. The van der Waals surface area contributed by atoms with Crippen LogP contribution in [0.3, 0.4) is 0 Å². The molecule has 0 N–H and O–H groups in total. The van der Waals surface area contributed by atoms with Crippen LogP contribution in [-0.4, -0.2) is 7.85 Å². The van der Waals surface area contributed by atoms with E-state index in [0.717, 1.165) is 6.32 Å². The molecule has 0 aliphatic rings. The van der Waals surface area contributed by atoms with Gasteiger partial charge in [-0.2, -0.15) is 0 Å². The lowest BCUT2D eigenvalue weighted by molar-refractivity contribution is 1.53. The molecule has 0 aliphatic carbocycles. The zero-order chi connectivity index (χ0) is 9.26. The maximum Gasteiger partial charge on any atom is 0.108 e. The molecule has 2 aromatic rings. The van der Waals surface area contributed by atoms with E-state index in [1.165, 1.54) is 18.4 Å². The zero-order valence-corrected chi connectivity index (χ0v) is 10.4. The fourth-order valence-corrected chi connectivity index (χ4v) is 3.57. The Hall–Kier alpha value is -0.0551. The van der Waals surface area contributed by atoms with Gasteiger partial charge in [-0.3, -0.25) is 0 Å². The van der Waals surface area contributed by atoms with Crippen LogP contribution in [0.4, 0.5) is 0 Å². The smallest absolute Gasteiger partial charge is 0.108 e. The van der Waals surface area contributed by atoms with Gasteiger partial charge in [0, 0.05) is 9.75 Å². The van der Waals surface area contributed by atoms with Gasteiger partial charge in [0.2, 0.25) is 0 Å². The molecule has 0 amide bonds. The largest absolute Gasteiger partial charge is 0.140 e. The summed E-state index contributed by atoms with van der Waals surface area (Å²) in [6, 6.07) is 8.70. The average Bonchev–Trinajstić information content (AvgIpc) is 2.71. The van der Waals surface area contributed by atoms with E-state index in [-0.39, 0.29) is 0 Å². The summed E-state index contributed by atoms with van der Waals surface area (Å²) in [6.07, 6.45) is 1.14. The summed E-state index contributed by atoms with van der Waals surface area (Å²) in [5, 5.41) is 0. The third-order valence-electron chi connectivity index (χ3n) is 1.83. The van der Waals surface area contributed by atoms with Crippen molar-refractivity contribution in [3.05, 3.63) is 32.9 Å². The van der Waals surface area contributed by atoms with E-state index >= 15 is 0 Å². The first-order valence-corrected chi connectivity index (χ1v) is 6.56. The maximum atomic E-state index is 3.48. The zero-order valence-electron chi connectivity index (χ0n) is 7.21. The molecule has 2 rings (SSSR count). The highest BCUT2D eigenvalue weighted by Crippen LogP contribution is 2.35. The highest BCUT2D eigenvalue weighted by atomic mass is 79.9. The summed E-state index contributed by atoms with van der Waals surface area (Å²) in [5.41, 5.74) is 0. The molecular formula is C9H8BBrS2. The Morgan fingerprint density at radius 2 is 1.77 bits per heavy atom. The van der Waals surface area contributed by atoms with E-state index in [1.807, 2.05) is 11.3 Å². The maximum absolute atomic E-state index is 3.48. The van der Waals surface area contributed by atoms with Gasteiger partial charge in [-0.1, -0.05) is 0 Å². The minimum absolute atomic E-state index is 1.14. The van der Waals surface area contributed by atoms with E-state index in [1.54, 1.807) is 11.3 Å². The Labute approximate surface area is 95.2 Å². The van der Waals surface area contributed by atoms with Crippen molar-refractivity contribution < 1.29 is 0 Å². The van der Waals surface area contributed by atoms with Gasteiger partial charge in [0.15, 0.2) is 0 Å². The van der Waals surface area contributed by atoms with E-state index in [0.29, 0.717) is 0 Å². The second-order valence-electron chi connectivity index (χ2n) is 2.72. The Bertz CT molecular complexity index is 405. The van der Waals surface area contributed by atoms with Crippen molar-refractivity contribution in [2.24, 2.45) is 0 Å². The van der Waals surface area contributed by atoms with Crippen molar-refractivity contribution in [3.8, 4) is 9.75 Å². The predicted octanol–water partition coefficient (Wildman–Crippen LogP) is 3.37. The Morgan fingerprint density at radius 3 is 2.31 bits per heavy atom. The summed E-state index contributed by atoms with van der Waals surface area (Å²) < 4.78 is 1.20. The summed E-state index contributed by atoms with van der Waals surface area (Å²) >= 11 is 7.16. The molecule has 0 aromatic carbocycles. The molecule has 0 radical (unpaired) electrons. The second-order valence-corrected chi connectivity index (χ2v) is 6.35. The van der Waals surface area contributed by atoms with E-state index in [9.17, 15) is 0 Å². The van der Waals surface area contributed by atoms with Crippen LogP contribution in [0.1, 0.15) is 4.88 Å². The highest BCUT2D eigenvalue weighted by Gasteiger charge is 2.03. The number of hydrogen-bond acceptors (Lipinski definition) is 2. The van der Waals surface area contributed by atoms with Crippen molar-refractivity contribution >= 4 is 46.4 Å². The van der Waals surface area contributed by atoms with Gasteiger partial charge in [0.1, 0.15) is 7.85 Å². The molecule has 2 aromatic heterocycles. The first-order chi connectivity index (χ1) is 6.29. The third-order valence-corrected chi connectivity index (χ3v) is 4.88. The Morgan fingerprint density at radius 1 is 1.08 bits per heavy atom. The lowest BCUT2D eigenvalue weighted by atomic mass is 10.0. The average molecular weight is 271 g/mol. The molecule has 0 fully saturated rings. The standard InChI is InChI=1S/C9H8BBrS2/c10-5-6-1-2-7(12-6)8-3-4-9(11)13-8/h1-4H,5,10H2. The molecule has 13 heavy (non-hydrogen) atoms. The molecular weight excluding hydrogens is 263 g/mol. The van der Waals surface area contributed by atoms with E-state index in [4.69, 9.17) is 0 Å². The number of rotatable bonds is 2. The van der Waals surface area contributed by atoms with Gasteiger partial charge in [0.05, 0.1) is 3.79 Å². The van der Waals surface area contributed by atoms with Crippen molar-refractivity contribution in [1.29, 1.82) is 0 Å². The SMILES string of the molecule is BCc1ccc(-c2ccc(Br)s2)s1. The van der Waals surface area contributed by atoms with Crippen molar-refractivity contribution in [3.63, 3.8) is 0 Å². The highest BCUT2D eigenvalue weighted by molar-refractivity contribution is 9.11. The van der Waals surface area contributed by atoms with Gasteiger partial charge in [-0.15, -0.1) is 22.7 Å². The number of halogens is 1. The van der Waals surface area contributed by atoms with E-state index < -0.39 is 0 Å². The molecule has 0 atom stereocenters. The molecule has 0 bridgehead atoms. The van der Waals surface area contributed by atoms with Crippen LogP contribution in [0.15, 0.2) is 28.1 Å². The molecule has 0 saturated carbocycles. The van der Waals surface area contributed by atoms with Crippen LogP contribution in [0.25, 0.3) is 9.75 Å². The first kappa shape index (κ1) is 9.50. The summed E-state index contributed by atoms with van der Waals surface area (Å²) in [4.78, 5) is 4.20. The monoisotopic (exact) mass is 270 g/mol. The fraction of sp³-hybridized carbons (Fsp3) is 0.111. The number of thiophene rings is 2. The predicted molar refractivity (Wildman–Crippen MR) is 67.6 cm³/mol. The molecule has 2 heterocycles. The first-order valence-electron chi connectivity index (χ1n) is 4.14.